The number of aliphatic hydroxyl groups is 1. The van der Waals surface area contributed by atoms with E-state index >= 15 is 0 Å². The third kappa shape index (κ3) is 9.85. The van der Waals surface area contributed by atoms with Crippen molar-refractivity contribution in [2.75, 3.05) is 0 Å². The normalized spacial score (nSPS) is 14.2. The van der Waals surface area contributed by atoms with Crippen LogP contribution in [0, 0.1) is 0 Å². The van der Waals surface area contributed by atoms with Gasteiger partial charge in [0.1, 0.15) is 0 Å². The van der Waals surface area contributed by atoms with Crippen LogP contribution in [0.15, 0.2) is 9.67 Å². The van der Waals surface area contributed by atoms with E-state index < -0.39 is 18.4 Å². The van der Waals surface area contributed by atoms with E-state index in [1.807, 2.05) is 6.92 Å². The van der Waals surface area contributed by atoms with E-state index in [1.54, 1.807) is 3.59 Å². The minimum absolute atomic E-state index is 0.197. The van der Waals surface area contributed by atoms with Crippen LogP contribution in [0.5, 0.6) is 0 Å². The van der Waals surface area contributed by atoms with Crippen molar-refractivity contribution in [1.29, 1.82) is 0 Å². The van der Waals surface area contributed by atoms with Crippen LogP contribution in [0.2, 0.25) is 13.3 Å². The van der Waals surface area contributed by atoms with Gasteiger partial charge < -0.3 is 0 Å². The number of aliphatic hydroxyl groups excluding tert-OH is 1. The van der Waals surface area contributed by atoms with Crippen molar-refractivity contribution in [2.24, 2.45) is 0 Å². The molecule has 0 heterocycles. The van der Waals surface area contributed by atoms with Crippen molar-refractivity contribution < 1.29 is 5.11 Å². The molecule has 1 nitrogen and oxygen atoms in total. The zero-order valence-electron chi connectivity index (χ0n) is 17.5. The summed E-state index contributed by atoms with van der Waals surface area (Å²) in [4.78, 5) is 0. The van der Waals surface area contributed by atoms with Gasteiger partial charge in [-0.2, -0.15) is 0 Å². The molecule has 2 heteroatoms. The molecule has 0 aliphatic heterocycles. The predicted molar refractivity (Wildman–Crippen MR) is 113 cm³/mol. The van der Waals surface area contributed by atoms with Gasteiger partial charge in [0.25, 0.3) is 0 Å². The summed E-state index contributed by atoms with van der Waals surface area (Å²) in [5.41, 5.74) is 0. The third-order valence-electron chi connectivity index (χ3n) is 5.51. The van der Waals surface area contributed by atoms with Crippen LogP contribution in [0.1, 0.15) is 105 Å². The molecule has 0 aromatic carbocycles. The second kappa shape index (κ2) is 15.7. The van der Waals surface area contributed by atoms with Crippen molar-refractivity contribution in [1.82, 2.24) is 0 Å². The van der Waals surface area contributed by atoms with E-state index in [4.69, 9.17) is 0 Å². The first-order valence-electron chi connectivity index (χ1n) is 11.0. The van der Waals surface area contributed by atoms with Gasteiger partial charge in [0, 0.05) is 0 Å². The first-order valence-corrected chi connectivity index (χ1v) is 18.4. The molecule has 0 amide bonds. The Morgan fingerprint density at radius 2 is 1.21 bits per heavy atom. The molecule has 0 saturated heterocycles. The van der Waals surface area contributed by atoms with Gasteiger partial charge in [-0.05, 0) is 0 Å². The molecule has 0 aliphatic carbocycles. The summed E-state index contributed by atoms with van der Waals surface area (Å²) in [5.74, 6) is 0. The molecule has 1 N–H and O–H groups in total. The summed E-state index contributed by atoms with van der Waals surface area (Å²) in [6, 6.07) is 0. The van der Waals surface area contributed by atoms with Gasteiger partial charge in [0.2, 0.25) is 0 Å². The molecule has 0 aromatic rings. The zero-order valence-corrected chi connectivity index (χ0v) is 20.4. The van der Waals surface area contributed by atoms with Gasteiger partial charge in [-0.15, -0.1) is 0 Å². The Bertz CT molecular complexity index is 287. The van der Waals surface area contributed by atoms with Crippen molar-refractivity contribution >= 4 is 18.4 Å². The molecular formula is C22H46OSn. The maximum atomic E-state index is 10.6. The van der Waals surface area contributed by atoms with Gasteiger partial charge in [-0.25, -0.2) is 0 Å². The molecule has 0 saturated carbocycles. The third-order valence-corrected chi connectivity index (χ3v) is 22.0. The van der Waals surface area contributed by atoms with E-state index in [2.05, 4.69) is 33.8 Å². The van der Waals surface area contributed by atoms with Crippen LogP contribution in [-0.4, -0.2) is 29.6 Å². The summed E-state index contributed by atoms with van der Waals surface area (Å²) >= 11 is -2.41. The molecule has 0 fully saturated rings. The van der Waals surface area contributed by atoms with Gasteiger partial charge in [-0.3, -0.25) is 0 Å². The quantitative estimate of drug-likeness (QED) is 0.191. The fraction of sp³-hybridized carbons (Fsp3) is 0.909. The Balaban J connectivity index is 5.29. The second-order valence-electron chi connectivity index (χ2n) is 7.78. The van der Waals surface area contributed by atoms with E-state index in [-0.39, 0.29) is 6.10 Å². The Kier molecular flexibility index (Phi) is 16.1. The Hall–Kier alpha value is 0.499. The molecule has 0 radical (unpaired) electrons. The van der Waals surface area contributed by atoms with Crippen molar-refractivity contribution in [3.05, 3.63) is 9.67 Å². The molecule has 144 valence electrons. The van der Waals surface area contributed by atoms with Crippen molar-refractivity contribution in [2.45, 2.75) is 125 Å². The molecule has 0 aromatic heterocycles. The summed E-state index contributed by atoms with van der Waals surface area (Å²) in [7, 11) is 0. The van der Waals surface area contributed by atoms with Gasteiger partial charge in [-0.1, -0.05) is 0 Å². The molecule has 0 aliphatic rings. The van der Waals surface area contributed by atoms with Crippen molar-refractivity contribution in [3.8, 4) is 0 Å². The molecule has 1 atom stereocenters. The monoisotopic (exact) mass is 446 g/mol. The molecule has 24 heavy (non-hydrogen) atoms. The van der Waals surface area contributed by atoms with Crippen LogP contribution in [0.25, 0.3) is 0 Å². The van der Waals surface area contributed by atoms with E-state index in [0.717, 1.165) is 0 Å². The SMILES string of the molecule is CCCCCC/C=[C](/C(C)O)[Sn]([CH2]CCC)([CH2]CCC)[CH2]CCC. The average Bonchev–Trinajstić information content (AvgIpc) is 2.58. The van der Waals surface area contributed by atoms with Crippen LogP contribution in [0.4, 0.5) is 0 Å². The number of rotatable bonds is 16. The van der Waals surface area contributed by atoms with Crippen LogP contribution >= 0.6 is 0 Å². The molecule has 0 bridgehead atoms. The molecular weight excluding hydrogens is 399 g/mol. The molecule has 0 spiro atoms. The van der Waals surface area contributed by atoms with E-state index in [0.29, 0.717) is 0 Å². The predicted octanol–water partition coefficient (Wildman–Crippen LogP) is 7.65. The topological polar surface area (TPSA) is 20.2 Å². The van der Waals surface area contributed by atoms with E-state index in [9.17, 15) is 5.11 Å². The first-order chi connectivity index (χ1) is 11.6. The fourth-order valence-electron chi connectivity index (χ4n) is 4.01. The molecule has 0 rings (SSSR count). The average molecular weight is 445 g/mol. The number of allylic oxidation sites excluding steroid dienone is 1. The number of unbranched alkanes of at least 4 members (excludes halogenated alkanes) is 7. The minimum atomic E-state index is -2.41. The standard InChI is InChI=1S/C10H19O.3C4H9.Sn/c1-3-4-5-6-7-8-9-10(2)11;3*1-3-4-2;/h8,10-11H,3-7H2,1-2H3;3*1,3-4H2,2H3;. The van der Waals surface area contributed by atoms with Crippen LogP contribution in [-0.2, 0) is 0 Å². The number of hydrogen-bond acceptors (Lipinski definition) is 1. The maximum absolute atomic E-state index is 10.6. The number of hydrogen-bond donors (Lipinski definition) is 1. The summed E-state index contributed by atoms with van der Waals surface area (Å²) in [5, 5.41) is 10.6. The second-order valence-corrected chi connectivity index (χ2v) is 21.0. The summed E-state index contributed by atoms with van der Waals surface area (Å²) in [6.07, 6.45) is 16.9. The Morgan fingerprint density at radius 1 is 0.750 bits per heavy atom. The summed E-state index contributed by atoms with van der Waals surface area (Å²) < 4.78 is 5.99. The first kappa shape index (κ1) is 24.5. The van der Waals surface area contributed by atoms with Crippen LogP contribution < -0.4 is 0 Å². The Morgan fingerprint density at radius 3 is 1.58 bits per heavy atom. The Labute approximate surface area is 157 Å². The van der Waals surface area contributed by atoms with Gasteiger partial charge in [0.15, 0.2) is 0 Å². The van der Waals surface area contributed by atoms with Crippen LogP contribution in [0.3, 0.4) is 0 Å². The molecule has 1 unspecified atom stereocenters. The zero-order chi connectivity index (χ0) is 18.3. The van der Waals surface area contributed by atoms with Crippen molar-refractivity contribution in [3.63, 3.8) is 0 Å². The summed E-state index contributed by atoms with van der Waals surface area (Å²) in [6.45, 7) is 11.3. The van der Waals surface area contributed by atoms with E-state index in [1.165, 1.54) is 83.9 Å². The fourth-order valence-corrected chi connectivity index (χ4v) is 21.6. The van der Waals surface area contributed by atoms with Gasteiger partial charge in [0.05, 0.1) is 0 Å². The van der Waals surface area contributed by atoms with Gasteiger partial charge >= 0.3 is 158 Å².